The van der Waals surface area contributed by atoms with Crippen LogP contribution in [0.3, 0.4) is 0 Å². The molecule has 0 saturated heterocycles. The van der Waals surface area contributed by atoms with Gasteiger partial charge in [-0.1, -0.05) is 26.8 Å². The summed E-state index contributed by atoms with van der Waals surface area (Å²) in [5.74, 6) is -1.09. The molecule has 0 spiro atoms. The summed E-state index contributed by atoms with van der Waals surface area (Å²) in [5.41, 5.74) is -2.02. The second-order valence-electron chi connectivity index (χ2n) is 7.90. The van der Waals surface area contributed by atoms with Gasteiger partial charge in [-0.2, -0.15) is 18.3 Å². The number of nitrogens with zero attached hydrogens (tertiary/aromatic N) is 3. The van der Waals surface area contributed by atoms with Crippen LogP contribution in [0.2, 0.25) is 0 Å². The molecule has 6 nitrogen and oxygen atoms in total. The number of aryl methyl sites for hydroxylation is 1. The summed E-state index contributed by atoms with van der Waals surface area (Å²) in [4.78, 5) is 19.2. The van der Waals surface area contributed by atoms with Crippen LogP contribution >= 0.6 is 0 Å². The van der Waals surface area contributed by atoms with Crippen molar-refractivity contribution in [2.75, 3.05) is 0 Å². The Bertz CT molecular complexity index is 1130. The van der Waals surface area contributed by atoms with E-state index in [4.69, 9.17) is 0 Å². The fourth-order valence-corrected chi connectivity index (χ4v) is 3.45. The van der Waals surface area contributed by atoms with Crippen LogP contribution in [0.5, 0.6) is 0 Å². The van der Waals surface area contributed by atoms with E-state index >= 15 is 0 Å². The van der Waals surface area contributed by atoms with Gasteiger partial charge in [-0.25, -0.2) is 14.1 Å². The van der Waals surface area contributed by atoms with Crippen molar-refractivity contribution >= 4 is 11.0 Å². The van der Waals surface area contributed by atoms with E-state index in [1.54, 1.807) is 27.7 Å². The first kappa shape index (κ1) is 21.0. The third-order valence-corrected chi connectivity index (χ3v) is 4.58. The lowest BCUT2D eigenvalue weighted by molar-refractivity contribution is -0.140. The number of halogens is 4. The van der Waals surface area contributed by atoms with E-state index in [0.29, 0.717) is 11.9 Å². The lowest BCUT2D eigenvalue weighted by atomic mass is 9.82. The number of benzene rings is 1. The highest BCUT2D eigenvalue weighted by Crippen LogP contribution is 2.40. The van der Waals surface area contributed by atoms with Gasteiger partial charge in [0.1, 0.15) is 22.7 Å². The molecule has 0 unspecified atom stereocenters. The summed E-state index contributed by atoms with van der Waals surface area (Å²) in [6, 6.07) is 1.95. The summed E-state index contributed by atoms with van der Waals surface area (Å²) in [5, 5.41) is 14.0. The number of hydrogen-bond acceptors (Lipinski definition) is 4. The van der Waals surface area contributed by atoms with Gasteiger partial charge in [0.15, 0.2) is 5.65 Å². The first-order valence-corrected chi connectivity index (χ1v) is 8.80. The monoisotopic (exact) mass is 412 g/mol. The Hall–Kier alpha value is -2.75. The molecule has 1 atom stereocenters. The maximum atomic E-state index is 14.3. The molecule has 0 saturated carbocycles. The van der Waals surface area contributed by atoms with Crippen LogP contribution in [-0.4, -0.2) is 24.9 Å². The normalized spacial score (nSPS) is 13.8. The van der Waals surface area contributed by atoms with E-state index in [1.807, 2.05) is 0 Å². The molecule has 156 valence electrons. The van der Waals surface area contributed by atoms with Crippen molar-refractivity contribution in [2.45, 2.75) is 46.5 Å². The van der Waals surface area contributed by atoms with Crippen LogP contribution in [0.4, 0.5) is 17.6 Å². The fraction of sp³-hybridized carbons (Fsp3) is 0.421. The highest BCUT2D eigenvalue weighted by Gasteiger charge is 2.37. The van der Waals surface area contributed by atoms with Gasteiger partial charge in [-0.3, -0.25) is 4.79 Å². The van der Waals surface area contributed by atoms with Crippen LogP contribution in [0.15, 0.2) is 23.0 Å². The Labute approximate surface area is 163 Å². The smallest absolute Gasteiger partial charge is 0.390 e. The Morgan fingerprint density at radius 1 is 1.24 bits per heavy atom. The molecule has 10 heteroatoms. The minimum absolute atomic E-state index is 0.0791. The minimum atomic E-state index is -4.81. The number of alkyl halides is 3. The highest BCUT2D eigenvalue weighted by atomic mass is 19.4. The van der Waals surface area contributed by atoms with Gasteiger partial charge in [0.2, 0.25) is 0 Å². The zero-order valence-electron chi connectivity index (χ0n) is 16.2. The van der Waals surface area contributed by atoms with Gasteiger partial charge in [0, 0.05) is 0 Å². The molecule has 3 rings (SSSR count). The molecule has 29 heavy (non-hydrogen) atoms. The van der Waals surface area contributed by atoms with Crippen molar-refractivity contribution < 1.29 is 22.7 Å². The summed E-state index contributed by atoms with van der Waals surface area (Å²) >= 11 is 0. The predicted molar refractivity (Wildman–Crippen MR) is 97.8 cm³/mol. The maximum Gasteiger partial charge on any atom is 0.419 e. The van der Waals surface area contributed by atoms with Crippen molar-refractivity contribution in [3.05, 3.63) is 57.0 Å². The van der Waals surface area contributed by atoms with Crippen molar-refractivity contribution in [2.24, 2.45) is 5.41 Å². The van der Waals surface area contributed by atoms with Gasteiger partial charge in [0.25, 0.3) is 5.56 Å². The van der Waals surface area contributed by atoms with Gasteiger partial charge in [0.05, 0.1) is 18.2 Å². The van der Waals surface area contributed by atoms with Crippen molar-refractivity contribution in [1.29, 1.82) is 0 Å². The Kier molecular flexibility index (Phi) is 5.02. The number of hydrogen-bond donors (Lipinski definition) is 2. The minimum Gasteiger partial charge on any atom is -0.390 e. The number of aromatic amines is 1. The quantitative estimate of drug-likeness (QED) is 0.643. The van der Waals surface area contributed by atoms with E-state index in [9.17, 15) is 27.5 Å². The van der Waals surface area contributed by atoms with E-state index < -0.39 is 41.2 Å². The van der Waals surface area contributed by atoms with E-state index in [1.165, 1.54) is 10.7 Å². The number of nitrogens with one attached hydrogen (secondary N) is 1. The second-order valence-corrected chi connectivity index (χ2v) is 7.90. The summed E-state index contributed by atoms with van der Waals surface area (Å²) < 4.78 is 54.5. The number of fused-ring (bicyclic) bond motifs is 1. The lowest BCUT2D eigenvalue weighted by Crippen LogP contribution is -2.27. The second kappa shape index (κ2) is 6.94. The maximum absolute atomic E-state index is 14.3. The number of aliphatic hydroxyl groups excluding tert-OH is 1. The standard InChI is InChI=1S/C19H20F4N4O2/c1-9-24-16-14(17(29)25-9)13(8-28)26-27(16)15(18(2,3)4)10-5-6-11(12(20)7-10)19(21,22)23/h5-7,15,28H,8H2,1-4H3,(H,24,25,29)/t15-/m1/s1. The van der Waals surface area contributed by atoms with Gasteiger partial charge in [-0.15, -0.1) is 0 Å². The Morgan fingerprint density at radius 3 is 2.41 bits per heavy atom. The molecular weight excluding hydrogens is 392 g/mol. The largest absolute Gasteiger partial charge is 0.419 e. The topological polar surface area (TPSA) is 83.8 Å². The average Bonchev–Trinajstić information content (AvgIpc) is 2.91. The molecule has 0 bridgehead atoms. The van der Waals surface area contributed by atoms with E-state index in [-0.39, 0.29) is 22.3 Å². The highest BCUT2D eigenvalue weighted by molar-refractivity contribution is 5.77. The summed E-state index contributed by atoms with van der Waals surface area (Å²) in [7, 11) is 0. The van der Waals surface area contributed by atoms with Gasteiger partial charge < -0.3 is 10.1 Å². The van der Waals surface area contributed by atoms with Crippen LogP contribution in [-0.2, 0) is 12.8 Å². The van der Waals surface area contributed by atoms with Crippen LogP contribution in [0.1, 0.15) is 49.5 Å². The molecule has 3 aromatic rings. The molecule has 0 amide bonds. The van der Waals surface area contributed by atoms with Crippen molar-refractivity contribution in [3.8, 4) is 0 Å². The average molecular weight is 412 g/mol. The molecule has 0 fully saturated rings. The molecule has 2 N–H and O–H groups in total. The van der Waals surface area contributed by atoms with Crippen molar-refractivity contribution in [1.82, 2.24) is 19.7 Å². The number of aromatic nitrogens is 4. The lowest BCUT2D eigenvalue weighted by Gasteiger charge is -2.32. The molecule has 1 aromatic carbocycles. The zero-order valence-corrected chi connectivity index (χ0v) is 16.2. The van der Waals surface area contributed by atoms with Crippen LogP contribution < -0.4 is 5.56 Å². The molecule has 2 aromatic heterocycles. The third kappa shape index (κ3) is 3.76. The molecule has 2 heterocycles. The number of H-pyrrole nitrogens is 1. The zero-order chi connectivity index (χ0) is 21.7. The van der Waals surface area contributed by atoms with Crippen LogP contribution in [0.25, 0.3) is 11.0 Å². The first-order valence-electron chi connectivity index (χ1n) is 8.80. The molecule has 0 aliphatic rings. The number of aliphatic hydroxyl groups is 1. The summed E-state index contributed by atoms with van der Waals surface area (Å²) in [6.07, 6.45) is -4.81. The van der Waals surface area contributed by atoms with Gasteiger partial charge >= 0.3 is 6.18 Å². The van der Waals surface area contributed by atoms with Gasteiger partial charge in [-0.05, 0) is 30.0 Å². The van der Waals surface area contributed by atoms with E-state index in [2.05, 4.69) is 15.1 Å². The molecule has 0 radical (unpaired) electrons. The first-order chi connectivity index (χ1) is 13.3. The Balaban J connectivity index is 2.30. The SMILES string of the molecule is Cc1nc2c(c(CO)nn2[C@H](c2ccc(C(F)(F)F)c(F)c2)C(C)(C)C)c(=O)[nH]1. The summed E-state index contributed by atoms with van der Waals surface area (Å²) in [6.45, 7) is 6.45. The molecule has 0 aliphatic heterocycles. The van der Waals surface area contributed by atoms with Crippen LogP contribution in [0, 0.1) is 18.2 Å². The number of rotatable bonds is 3. The molecular formula is C19H20F4N4O2. The fourth-order valence-electron chi connectivity index (χ4n) is 3.45. The van der Waals surface area contributed by atoms with Crippen molar-refractivity contribution in [3.63, 3.8) is 0 Å². The third-order valence-electron chi connectivity index (χ3n) is 4.58. The predicted octanol–water partition coefficient (Wildman–Crippen LogP) is 3.71. The Morgan fingerprint density at radius 2 is 1.90 bits per heavy atom. The molecule has 0 aliphatic carbocycles. The van der Waals surface area contributed by atoms with E-state index in [0.717, 1.165) is 6.07 Å².